The van der Waals surface area contributed by atoms with Crippen molar-refractivity contribution < 1.29 is 14.6 Å². The van der Waals surface area contributed by atoms with Crippen LogP contribution in [0.25, 0.3) is 0 Å². The molecule has 110 valence electrons. The number of aliphatic hydroxyl groups is 1. The van der Waals surface area contributed by atoms with E-state index < -0.39 is 0 Å². The lowest BCUT2D eigenvalue weighted by Gasteiger charge is -2.42. The number of urea groups is 1. The van der Waals surface area contributed by atoms with Crippen LogP contribution in [0, 0.1) is 5.41 Å². The third kappa shape index (κ3) is 3.39. The van der Waals surface area contributed by atoms with Gasteiger partial charge in [0.1, 0.15) is 0 Å². The van der Waals surface area contributed by atoms with Crippen LogP contribution in [0.15, 0.2) is 0 Å². The van der Waals surface area contributed by atoms with Gasteiger partial charge >= 0.3 is 6.03 Å². The van der Waals surface area contributed by atoms with Crippen LogP contribution in [-0.4, -0.2) is 55.0 Å². The van der Waals surface area contributed by atoms with Crippen LogP contribution < -0.4 is 5.32 Å². The molecule has 2 N–H and O–H groups in total. The molecule has 0 aromatic carbocycles. The number of nitrogens with zero attached hydrogens (tertiary/aromatic N) is 1. The predicted octanol–water partition coefficient (Wildman–Crippen LogP) is 1.36. The van der Waals surface area contributed by atoms with Gasteiger partial charge in [0.25, 0.3) is 0 Å². The molecule has 2 rings (SSSR count). The molecular weight excluding hydrogens is 244 g/mol. The number of amides is 2. The lowest BCUT2D eigenvalue weighted by molar-refractivity contribution is -0.111. The molecule has 0 bridgehead atoms. The minimum atomic E-state index is 0.0258. The monoisotopic (exact) mass is 270 g/mol. The van der Waals surface area contributed by atoms with Crippen LogP contribution in [0.2, 0.25) is 0 Å². The van der Waals surface area contributed by atoms with E-state index in [-0.39, 0.29) is 24.1 Å². The Kier molecular flexibility index (Phi) is 5.05. The number of carbonyl (C=O) groups is 1. The van der Waals surface area contributed by atoms with E-state index in [1.807, 2.05) is 4.90 Å². The molecule has 0 aromatic rings. The van der Waals surface area contributed by atoms with E-state index in [1.165, 1.54) is 0 Å². The average Bonchev–Trinajstić information content (AvgIpc) is 2.39. The summed E-state index contributed by atoms with van der Waals surface area (Å²) < 4.78 is 5.27. The summed E-state index contributed by atoms with van der Waals surface area (Å²) in [6.07, 6.45) is 4.96. The average molecular weight is 270 g/mol. The minimum Gasteiger partial charge on any atom is -0.396 e. The van der Waals surface area contributed by atoms with Gasteiger partial charge < -0.3 is 20.1 Å². The molecular formula is C14H26N2O3. The Morgan fingerprint density at radius 1 is 1.47 bits per heavy atom. The van der Waals surface area contributed by atoms with Crippen molar-refractivity contribution in [2.24, 2.45) is 5.41 Å². The first kappa shape index (κ1) is 14.6. The topological polar surface area (TPSA) is 61.8 Å². The second-order valence-electron chi connectivity index (χ2n) is 5.86. The summed E-state index contributed by atoms with van der Waals surface area (Å²) in [7, 11) is 0. The SMILES string of the molecule is CCC1(CNC(=O)N2CCCCC2CCO)COC1. The summed E-state index contributed by atoms with van der Waals surface area (Å²) in [5.74, 6) is 0. The van der Waals surface area contributed by atoms with Gasteiger partial charge in [-0.3, -0.25) is 0 Å². The van der Waals surface area contributed by atoms with E-state index in [4.69, 9.17) is 9.84 Å². The molecule has 2 aliphatic rings. The van der Waals surface area contributed by atoms with Crippen molar-refractivity contribution in [1.29, 1.82) is 0 Å². The second kappa shape index (κ2) is 6.57. The van der Waals surface area contributed by atoms with Crippen molar-refractivity contribution in [2.45, 2.75) is 45.1 Å². The maximum absolute atomic E-state index is 12.3. The third-order valence-electron chi connectivity index (χ3n) is 4.53. The standard InChI is InChI=1S/C14H26N2O3/c1-2-14(10-19-11-14)9-15-13(18)16-7-4-3-5-12(16)6-8-17/h12,17H,2-11H2,1H3,(H,15,18). The van der Waals surface area contributed by atoms with Crippen molar-refractivity contribution in [3.05, 3.63) is 0 Å². The highest BCUT2D eigenvalue weighted by Crippen LogP contribution is 2.30. The molecule has 2 aliphatic heterocycles. The van der Waals surface area contributed by atoms with Gasteiger partial charge in [0.15, 0.2) is 0 Å². The zero-order chi connectivity index (χ0) is 13.7. The van der Waals surface area contributed by atoms with Gasteiger partial charge in [-0.05, 0) is 32.1 Å². The highest BCUT2D eigenvalue weighted by Gasteiger charge is 2.37. The Morgan fingerprint density at radius 2 is 2.26 bits per heavy atom. The Morgan fingerprint density at radius 3 is 2.84 bits per heavy atom. The van der Waals surface area contributed by atoms with Gasteiger partial charge in [0.2, 0.25) is 0 Å². The first-order chi connectivity index (χ1) is 9.21. The van der Waals surface area contributed by atoms with Crippen LogP contribution in [0.3, 0.4) is 0 Å². The summed E-state index contributed by atoms with van der Waals surface area (Å²) in [5.41, 5.74) is 0.151. The first-order valence-electron chi connectivity index (χ1n) is 7.44. The Labute approximate surface area is 115 Å². The largest absolute Gasteiger partial charge is 0.396 e. The number of piperidine rings is 1. The number of likely N-dealkylation sites (tertiary alicyclic amines) is 1. The van der Waals surface area contributed by atoms with E-state index >= 15 is 0 Å². The smallest absolute Gasteiger partial charge is 0.317 e. The fourth-order valence-corrected chi connectivity index (χ4v) is 2.90. The number of rotatable bonds is 5. The lowest BCUT2D eigenvalue weighted by Crippen LogP contribution is -2.55. The van der Waals surface area contributed by atoms with Gasteiger partial charge in [-0.2, -0.15) is 0 Å². The Hall–Kier alpha value is -0.810. The van der Waals surface area contributed by atoms with E-state index in [0.29, 0.717) is 13.0 Å². The normalized spacial score (nSPS) is 25.8. The molecule has 2 amide bonds. The number of ether oxygens (including phenoxy) is 1. The van der Waals surface area contributed by atoms with Crippen LogP contribution in [0.1, 0.15) is 39.0 Å². The van der Waals surface area contributed by atoms with Crippen LogP contribution >= 0.6 is 0 Å². The highest BCUT2D eigenvalue weighted by atomic mass is 16.5. The first-order valence-corrected chi connectivity index (χ1v) is 7.44. The summed E-state index contributed by atoms with van der Waals surface area (Å²) >= 11 is 0. The highest BCUT2D eigenvalue weighted by molar-refractivity contribution is 5.74. The van der Waals surface area contributed by atoms with Crippen LogP contribution in [0.4, 0.5) is 4.79 Å². The Balaban J connectivity index is 1.83. The summed E-state index contributed by atoms with van der Waals surface area (Å²) in [4.78, 5) is 14.2. The minimum absolute atomic E-state index is 0.0258. The maximum Gasteiger partial charge on any atom is 0.317 e. The molecule has 2 fully saturated rings. The number of nitrogens with one attached hydrogen (secondary N) is 1. The zero-order valence-electron chi connectivity index (χ0n) is 11.9. The van der Waals surface area contributed by atoms with E-state index in [0.717, 1.165) is 45.4 Å². The fourth-order valence-electron chi connectivity index (χ4n) is 2.90. The predicted molar refractivity (Wildman–Crippen MR) is 73.0 cm³/mol. The lowest BCUT2D eigenvalue weighted by atomic mass is 9.83. The van der Waals surface area contributed by atoms with Gasteiger partial charge in [0, 0.05) is 31.2 Å². The van der Waals surface area contributed by atoms with Crippen molar-refractivity contribution in [3.63, 3.8) is 0 Å². The van der Waals surface area contributed by atoms with E-state index in [1.54, 1.807) is 0 Å². The summed E-state index contributed by atoms with van der Waals surface area (Å²) in [6, 6.07) is 0.229. The summed E-state index contributed by atoms with van der Waals surface area (Å²) in [6.45, 7) is 5.32. The summed E-state index contributed by atoms with van der Waals surface area (Å²) in [5, 5.41) is 12.1. The fraction of sp³-hybridized carbons (Fsp3) is 0.929. The van der Waals surface area contributed by atoms with E-state index in [2.05, 4.69) is 12.2 Å². The number of hydrogen-bond donors (Lipinski definition) is 2. The molecule has 0 aliphatic carbocycles. The molecule has 1 atom stereocenters. The van der Waals surface area contributed by atoms with Crippen LogP contribution in [-0.2, 0) is 4.74 Å². The molecule has 2 saturated heterocycles. The third-order valence-corrected chi connectivity index (χ3v) is 4.53. The van der Waals surface area contributed by atoms with E-state index in [9.17, 15) is 4.79 Å². The maximum atomic E-state index is 12.3. The second-order valence-corrected chi connectivity index (χ2v) is 5.86. The molecule has 1 unspecified atom stereocenters. The van der Waals surface area contributed by atoms with Crippen molar-refractivity contribution in [2.75, 3.05) is 32.9 Å². The van der Waals surface area contributed by atoms with Crippen molar-refractivity contribution in [3.8, 4) is 0 Å². The van der Waals surface area contributed by atoms with Gasteiger partial charge in [-0.1, -0.05) is 6.92 Å². The zero-order valence-corrected chi connectivity index (χ0v) is 11.9. The number of hydrogen-bond acceptors (Lipinski definition) is 3. The Bertz CT molecular complexity index is 298. The molecule has 2 heterocycles. The van der Waals surface area contributed by atoms with Gasteiger partial charge in [0.05, 0.1) is 13.2 Å². The molecule has 0 radical (unpaired) electrons. The van der Waals surface area contributed by atoms with Crippen molar-refractivity contribution >= 4 is 6.03 Å². The molecule has 5 nitrogen and oxygen atoms in total. The van der Waals surface area contributed by atoms with Gasteiger partial charge in [-0.15, -0.1) is 0 Å². The quantitative estimate of drug-likeness (QED) is 0.793. The number of aliphatic hydroxyl groups excluding tert-OH is 1. The molecule has 0 saturated carbocycles. The van der Waals surface area contributed by atoms with Crippen LogP contribution in [0.5, 0.6) is 0 Å². The molecule has 19 heavy (non-hydrogen) atoms. The molecule has 5 heteroatoms. The van der Waals surface area contributed by atoms with Gasteiger partial charge in [-0.25, -0.2) is 4.79 Å². The molecule has 0 spiro atoms. The molecule has 0 aromatic heterocycles. The van der Waals surface area contributed by atoms with Crippen molar-refractivity contribution in [1.82, 2.24) is 10.2 Å². The number of carbonyl (C=O) groups excluding carboxylic acids is 1.